The number of hydrogen-bond donors (Lipinski definition) is 0. The zero-order valence-electron chi connectivity index (χ0n) is 26.3. The van der Waals surface area contributed by atoms with Crippen LogP contribution in [0, 0.1) is 46.5 Å². The number of allylic oxidation sites excluding steroid dienone is 3. The van der Waals surface area contributed by atoms with E-state index in [1.807, 2.05) is 12.2 Å². The number of aryl methyl sites for hydroxylation is 1. The van der Waals surface area contributed by atoms with Crippen molar-refractivity contribution >= 4 is 11.6 Å². The third kappa shape index (κ3) is 8.31. The molecule has 5 aromatic carbocycles. The van der Waals surface area contributed by atoms with Gasteiger partial charge in [0.05, 0.1) is 16.1 Å². The fourth-order valence-corrected chi connectivity index (χ4v) is 5.60. The first-order chi connectivity index (χ1) is 24.2. The summed E-state index contributed by atoms with van der Waals surface area (Å²) in [6.07, 6.45) is 4.63. The second-order valence-electron chi connectivity index (χ2n) is 11.3. The Morgan fingerprint density at radius 1 is 0.569 bits per heavy atom. The molecule has 0 aliphatic rings. The summed E-state index contributed by atoms with van der Waals surface area (Å²) >= 11 is 6.05. The molecule has 0 unspecified atom stereocenters. The average Bonchev–Trinajstić information content (AvgIpc) is 3.06. The fraction of sp³-hybridized carbons (Fsp3) is 0.128. The van der Waals surface area contributed by atoms with Gasteiger partial charge in [-0.15, -0.1) is 6.58 Å². The van der Waals surface area contributed by atoms with Crippen LogP contribution in [0.1, 0.15) is 30.4 Å². The number of unbranched alkanes of at least 4 members (excludes halogenated alkanes) is 1. The Hall–Kier alpha value is -5.03. The van der Waals surface area contributed by atoms with E-state index >= 15 is 22.0 Å². The molecule has 0 fully saturated rings. The van der Waals surface area contributed by atoms with Gasteiger partial charge >= 0.3 is 6.11 Å². The van der Waals surface area contributed by atoms with Gasteiger partial charge in [-0.2, -0.15) is 8.78 Å². The zero-order valence-corrected chi connectivity index (χ0v) is 27.0. The van der Waals surface area contributed by atoms with Crippen LogP contribution >= 0.6 is 11.6 Å². The summed E-state index contributed by atoms with van der Waals surface area (Å²) in [7, 11) is 0. The summed E-state index contributed by atoms with van der Waals surface area (Å²) in [6, 6.07) is 10.8. The fourth-order valence-electron chi connectivity index (χ4n) is 5.28. The Kier molecular flexibility index (Phi) is 11.3. The van der Waals surface area contributed by atoms with Crippen molar-refractivity contribution in [2.45, 2.75) is 31.8 Å². The minimum Gasteiger partial charge on any atom is -0.423 e. The van der Waals surface area contributed by atoms with E-state index in [2.05, 4.69) is 17.4 Å². The van der Waals surface area contributed by atoms with Crippen molar-refractivity contribution in [1.29, 1.82) is 0 Å². The third-order valence-electron chi connectivity index (χ3n) is 7.80. The molecular weight excluding hydrogens is 710 g/mol. The van der Waals surface area contributed by atoms with Crippen molar-refractivity contribution in [2.24, 2.45) is 0 Å². The first kappa shape index (κ1) is 37.2. The lowest BCUT2D eigenvalue weighted by Crippen LogP contribution is -2.23. The van der Waals surface area contributed by atoms with Gasteiger partial charge in [0.25, 0.3) is 0 Å². The highest BCUT2D eigenvalue weighted by Gasteiger charge is 2.38. The van der Waals surface area contributed by atoms with Crippen molar-refractivity contribution in [3.05, 3.63) is 160 Å². The first-order valence-corrected chi connectivity index (χ1v) is 15.6. The molecule has 0 saturated heterocycles. The van der Waals surface area contributed by atoms with Crippen LogP contribution in [0.3, 0.4) is 0 Å². The van der Waals surface area contributed by atoms with Crippen LogP contribution < -0.4 is 4.74 Å². The average molecular weight is 735 g/mol. The Morgan fingerprint density at radius 2 is 1.08 bits per heavy atom. The second-order valence-corrected chi connectivity index (χ2v) is 11.8. The molecule has 0 spiro atoms. The van der Waals surface area contributed by atoms with Crippen LogP contribution in [0.2, 0.25) is 5.02 Å². The molecule has 0 aromatic heterocycles. The van der Waals surface area contributed by atoms with Gasteiger partial charge in [0, 0.05) is 5.56 Å². The molecule has 0 atom stereocenters. The van der Waals surface area contributed by atoms with E-state index in [4.69, 9.17) is 11.6 Å². The number of halogens is 11. The molecule has 0 saturated carbocycles. The Bertz CT molecular complexity index is 2030. The SMILES string of the molecule is C=CCC/C=C/CCc1ccc(-c2cc(F)c(OC(F)(F)c3cc(F)c(-c4cc(F)c(-c5cc(F)c(F)c(F)c5)c(F)c4)c(Cl)c3)c(F)c2)cc1. The molecule has 0 radical (unpaired) electrons. The van der Waals surface area contributed by atoms with Crippen LogP contribution in [0.15, 0.2) is 97.6 Å². The van der Waals surface area contributed by atoms with Crippen molar-refractivity contribution in [1.82, 2.24) is 0 Å². The molecule has 0 aliphatic carbocycles. The molecular formula is C39H25ClF10O. The normalized spacial score (nSPS) is 11.7. The van der Waals surface area contributed by atoms with Gasteiger partial charge in [0.15, 0.2) is 34.8 Å². The highest BCUT2D eigenvalue weighted by atomic mass is 35.5. The van der Waals surface area contributed by atoms with Gasteiger partial charge in [-0.3, -0.25) is 0 Å². The molecule has 0 bridgehead atoms. The molecule has 51 heavy (non-hydrogen) atoms. The Morgan fingerprint density at radius 3 is 1.65 bits per heavy atom. The predicted molar refractivity (Wildman–Crippen MR) is 175 cm³/mol. The highest BCUT2D eigenvalue weighted by molar-refractivity contribution is 6.33. The van der Waals surface area contributed by atoms with Crippen LogP contribution in [-0.2, 0) is 12.5 Å². The van der Waals surface area contributed by atoms with Gasteiger partial charge in [0.2, 0.25) is 0 Å². The van der Waals surface area contributed by atoms with Gasteiger partial charge in [0.1, 0.15) is 17.5 Å². The quantitative estimate of drug-likeness (QED) is 0.0537. The standard InChI is InChI=1S/C39H25ClF10O/c1-2-3-4-5-6-7-8-21-9-11-22(12-10-21)23-13-33(46)38(34(47)14-23)51-39(49,50)26-19-27(40)35(30(43)20-26)24-15-28(41)36(29(42)16-24)25-17-31(44)37(48)32(45)18-25/h2,5-6,9-20H,1,3-4,7-8H2/b6-5+. The van der Waals surface area contributed by atoms with E-state index in [0.717, 1.165) is 43.4 Å². The number of benzene rings is 5. The largest absolute Gasteiger partial charge is 0.427 e. The molecule has 12 heteroatoms. The summed E-state index contributed by atoms with van der Waals surface area (Å²) < 4.78 is 151. The van der Waals surface area contributed by atoms with E-state index in [1.165, 1.54) is 0 Å². The van der Waals surface area contributed by atoms with Crippen LogP contribution in [-0.4, -0.2) is 0 Å². The molecule has 264 valence electrons. The van der Waals surface area contributed by atoms with E-state index in [-0.39, 0.29) is 11.6 Å². The van der Waals surface area contributed by atoms with Crippen LogP contribution in [0.4, 0.5) is 43.9 Å². The molecule has 0 N–H and O–H groups in total. The molecule has 0 heterocycles. The smallest absolute Gasteiger partial charge is 0.423 e. The van der Waals surface area contributed by atoms with Gasteiger partial charge < -0.3 is 4.74 Å². The Labute approximate surface area is 291 Å². The molecule has 5 aromatic rings. The maximum atomic E-state index is 15.2. The monoisotopic (exact) mass is 734 g/mol. The number of rotatable bonds is 12. The van der Waals surface area contributed by atoms with Gasteiger partial charge in [-0.05, 0) is 102 Å². The van der Waals surface area contributed by atoms with E-state index in [0.29, 0.717) is 35.9 Å². The zero-order chi connectivity index (χ0) is 37.0. The molecule has 0 amide bonds. The third-order valence-corrected chi connectivity index (χ3v) is 8.10. The van der Waals surface area contributed by atoms with Crippen LogP contribution in [0.5, 0.6) is 5.75 Å². The van der Waals surface area contributed by atoms with E-state index in [9.17, 15) is 22.0 Å². The Balaban J connectivity index is 1.36. The van der Waals surface area contributed by atoms with Crippen LogP contribution in [0.25, 0.3) is 33.4 Å². The lowest BCUT2D eigenvalue weighted by Gasteiger charge is -2.21. The predicted octanol–water partition coefficient (Wildman–Crippen LogP) is 13.0. The summed E-state index contributed by atoms with van der Waals surface area (Å²) in [4.78, 5) is 0. The van der Waals surface area contributed by atoms with Crippen molar-refractivity contribution in [3.63, 3.8) is 0 Å². The summed E-state index contributed by atoms with van der Waals surface area (Å²) in [5.74, 6) is -14.2. The topological polar surface area (TPSA) is 9.23 Å². The number of alkyl halides is 2. The maximum Gasteiger partial charge on any atom is 0.427 e. The van der Waals surface area contributed by atoms with Crippen molar-refractivity contribution in [2.75, 3.05) is 0 Å². The lowest BCUT2D eigenvalue weighted by molar-refractivity contribution is -0.188. The number of ether oxygens (including phenoxy) is 1. The number of hydrogen-bond acceptors (Lipinski definition) is 1. The second kappa shape index (κ2) is 15.5. The van der Waals surface area contributed by atoms with Crippen molar-refractivity contribution in [3.8, 4) is 39.1 Å². The van der Waals surface area contributed by atoms with E-state index < -0.39 is 91.2 Å². The maximum absolute atomic E-state index is 15.2. The lowest BCUT2D eigenvalue weighted by atomic mass is 9.97. The molecule has 5 rings (SSSR count). The highest BCUT2D eigenvalue weighted by Crippen LogP contribution is 2.41. The summed E-state index contributed by atoms with van der Waals surface area (Å²) in [6.45, 7) is 3.66. The summed E-state index contributed by atoms with van der Waals surface area (Å²) in [5.41, 5.74) is -2.96. The van der Waals surface area contributed by atoms with Gasteiger partial charge in [-0.25, -0.2) is 35.1 Å². The molecule has 0 aliphatic heterocycles. The summed E-state index contributed by atoms with van der Waals surface area (Å²) in [5, 5.41) is -0.804. The van der Waals surface area contributed by atoms with Gasteiger partial charge in [-0.1, -0.05) is 54.1 Å². The van der Waals surface area contributed by atoms with E-state index in [1.54, 1.807) is 24.3 Å². The first-order valence-electron chi connectivity index (χ1n) is 15.2. The van der Waals surface area contributed by atoms with Crippen molar-refractivity contribution < 1.29 is 48.6 Å². The molecule has 1 nitrogen and oxygen atoms in total. The minimum absolute atomic E-state index is 0.0372. The minimum atomic E-state index is -4.56.